The SMILES string of the molecule is Cc1ccccc1-c1nnc(N=C(N)N2CCOCC2)s1.Cl. The van der Waals surface area contributed by atoms with E-state index in [1.807, 2.05) is 23.1 Å². The highest BCUT2D eigenvalue weighted by atomic mass is 35.5. The van der Waals surface area contributed by atoms with Crippen molar-refractivity contribution in [3.8, 4) is 10.6 Å². The number of guanidine groups is 1. The third-order valence-electron chi connectivity index (χ3n) is 3.34. The molecule has 1 saturated heterocycles. The van der Waals surface area contributed by atoms with Crippen LogP contribution >= 0.6 is 23.7 Å². The van der Waals surface area contributed by atoms with Gasteiger partial charge in [-0.1, -0.05) is 35.6 Å². The van der Waals surface area contributed by atoms with E-state index in [9.17, 15) is 0 Å². The Kier molecular flexibility index (Phi) is 5.70. The van der Waals surface area contributed by atoms with Crippen molar-refractivity contribution < 1.29 is 4.74 Å². The summed E-state index contributed by atoms with van der Waals surface area (Å²) >= 11 is 1.44. The minimum atomic E-state index is 0. The Morgan fingerprint density at radius 3 is 2.73 bits per heavy atom. The number of nitrogens with two attached hydrogens (primary N) is 1. The standard InChI is InChI=1S/C14H17N5OS.ClH/c1-10-4-2-3-5-11(10)12-17-18-14(21-12)16-13(15)19-6-8-20-9-7-19;/h2-5H,6-9H2,1H3,(H2,15,16,18);1H. The summed E-state index contributed by atoms with van der Waals surface area (Å²) in [6.07, 6.45) is 0. The molecular weight excluding hydrogens is 322 g/mol. The number of hydrogen-bond donors (Lipinski definition) is 1. The third-order valence-corrected chi connectivity index (χ3v) is 4.19. The Hall–Kier alpha value is -1.70. The average molecular weight is 340 g/mol. The van der Waals surface area contributed by atoms with E-state index in [0.717, 1.165) is 23.7 Å². The van der Waals surface area contributed by atoms with Gasteiger partial charge in [0.1, 0.15) is 5.01 Å². The lowest BCUT2D eigenvalue weighted by molar-refractivity contribution is 0.0675. The highest BCUT2D eigenvalue weighted by Crippen LogP contribution is 2.30. The molecule has 6 nitrogen and oxygen atoms in total. The van der Waals surface area contributed by atoms with Gasteiger partial charge >= 0.3 is 0 Å². The van der Waals surface area contributed by atoms with Gasteiger partial charge in [0.05, 0.1) is 13.2 Å². The molecule has 0 saturated carbocycles. The van der Waals surface area contributed by atoms with Crippen LogP contribution in [-0.2, 0) is 4.74 Å². The first-order valence-corrected chi connectivity index (χ1v) is 7.62. The molecule has 1 aromatic heterocycles. The summed E-state index contributed by atoms with van der Waals surface area (Å²) in [5, 5.41) is 9.76. The summed E-state index contributed by atoms with van der Waals surface area (Å²) in [6.45, 7) is 4.95. The number of ether oxygens (including phenoxy) is 1. The highest BCUT2D eigenvalue weighted by molar-refractivity contribution is 7.18. The van der Waals surface area contributed by atoms with Crippen LogP contribution in [0, 0.1) is 6.92 Å². The minimum Gasteiger partial charge on any atom is -0.378 e. The molecule has 0 atom stereocenters. The number of hydrogen-bond acceptors (Lipinski definition) is 5. The molecule has 1 aliphatic heterocycles. The zero-order chi connectivity index (χ0) is 14.7. The topological polar surface area (TPSA) is 76.6 Å². The lowest BCUT2D eigenvalue weighted by Crippen LogP contribution is -2.44. The van der Waals surface area contributed by atoms with Gasteiger partial charge in [-0.25, -0.2) is 0 Å². The lowest BCUT2D eigenvalue weighted by atomic mass is 10.1. The van der Waals surface area contributed by atoms with Gasteiger partial charge in [-0.2, -0.15) is 4.99 Å². The van der Waals surface area contributed by atoms with E-state index in [0.29, 0.717) is 24.3 Å². The van der Waals surface area contributed by atoms with Gasteiger partial charge in [0.2, 0.25) is 5.13 Å². The van der Waals surface area contributed by atoms with Crippen molar-refractivity contribution in [1.82, 2.24) is 15.1 Å². The van der Waals surface area contributed by atoms with E-state index in [2.05, 4.69) is 28.2 Å². The Labute approximate surface area is 139 Å². The van der Waals surface area contributed by atoms with Crippen LogP contribution in [0.2, 0.25) is 0 Å². The van der Waals surface area contributed by atoms with E-state index in [-0.39, 0.29) is 12.4 Å². The zero-order valence-electron chi connectivity index (χ0n) is 12.2. The number of benzene rings is 1. The van der Waals surface area contributed by atoms with Crippen molar-refractivity contribution in [3.63, 3.8) is 0 Å². The summed E-state index contributed by atoms with van der Waals surface area (Å²) in [6, 6.07) is 8.10. The van der Waals surface area contributed by atoms with Gasteiger partial charge < -0.3 is 15.4 Å². The Morgan fingerprint density at radius 1 is 1.27 bits per heavy atom. The van der Waals surface area contributed by atoms with Crippen LogP contribution in [0.1, 0.15) is 5.56 Å². The van der Waals surface area contributed by atoms with Crippen molar-refractivity contribution in [2.45, 2.75) is 6.92 Å². The smallest absolute Gasteiger partial charge is 0.235 e. The van der Waals surface area contributed by atoms with Gasteiger partial charge in [0.25, 0.3) is 0 Å². The number of morpholine rings is 1. The highest BCUT2D eigenvalue weighted by Gasteiger charge is 2.14. The van der Waals surface area contributed by atoms with Crippen LogP contribution in [-0.4, -0.2) is 47.4 Å². The molecule has 0 unspecified atom stereocenters. The van der Waals surface area contributed by atoms with Crippen LogP contribution in [0.4, 0.5) is 5.13 Å². The van der Waals surface area contributed by atoms with Crippen molar-refractivity contribution in [2.75, 3.05) is 26.3 Å². The third kappa shape index (κ3) is 3.73. The first-order chi connectivity index (χ1) is 10.2. The monoisotopic (exact) mass is 339 g/mol. The number of halogens is 1. The molecule has 8 heteroatoms. The molecule has 0 aliphatic carbocycles. The van der Waals surface area contributed by atoms with Gasteiger partial charge in [-0.05, 0) is 12.5 Å². The van der Waals surface area contributed by atoms with Gasteiger partial charge in [-0.15, -0.1) is 22.6 Å². The van der Waals surface area contributed by atoms with Crippen LogP contribution < -0.4 is 5.73 Å². The summed E-state index contributed by atoms with van der Waals surface area (Å²) in [4.78, 5) is 6.37. The van der Waals surface area contributed by atoms with E-state index in [4.69, 9.17) is 10.5 Å². The zero-order valence-corrected chi connectivity index (χ0v) is 13.9. The molecule has 22 heavy (non-hydrogen) atoms. The molecule has 2 aromatic rings. The number of aromatic nitrogens is 2. The number of rotatable bonds is 2. The van der Waals surface area contributed by atoms with E-state index >= 15 is 0 Å². The summed E-state index contributed by atoms with van der Waals surface area (Å²) in [7, 11) is 0. The van der Waals surface area contributed by atoms with Gasteiger partial charge in [0, 0.05) is 18.7 Å². The van der Waals surface area contributed by atoms with Gasteiger partial charge in [-0.3, -0.25) is 0 Å². The molecule has 0 radical (unpaired) electrons. The fraction of sp³-hybridized carbons (Fsp3) is 0.357. The maximum atomic E-state index is 6.02. The van der Waals surface area contributed by atoms with Crippen molar-refractivity contribution >= 4 is 34.8 Å². The van der Waals surface area contributed by atoms with Crippen LogP contribution in [0.15, 0.2) is 29.3 Å². The number of aryl methyl sites for hydroxylation is 1. The largest absolute Gasteiger partial charge is 0.378 e. The summed E-state index contributed by atoms with van der Waals surface area (Å²) in [5.74, 6) is 0.478. The molecule has 0 bridgehead atoms. The quantitative estimate of drug-likeness (QED) is 0.670. The lowest BCUT2D eigenvalue weighted by Gasteiger charge is -2.27. The predicted molar refractivity (Wildman–Crippen MR) is 91.0 cm³/mol. The van der Waals surface area contributed by atoms with Crippen molar-refractivity contribution in [2.24, 2.45) is 10.7 Å². The molecule has 2 N–H and O–H groups in total. The average Bonchev–Trinajstić information content (AvgIpc) is 2.97. The molecule has 1 aliphatic rings. The van der Waals surface area contributed by atoms with Crippen LogP contribution in [0.25, 0.3) is 10.6 Å². The summed E-state index contributed by atoms with van der Waals surface area (Å²) < 4.78 is 5.30. The molecule has 3 rings (SSSR count). The second kappa shape index (κ2) is 7.53. The maximum absolute atomic E-state index is 6.02. The second-order valence-electron chi connectivity index (χ2n) is 4.77. The van der Waals surface area contributed by atoms with Crippen molar-refractivity contribution in [3.05, 3.63) is 29.8 Å². The Bertz CT molecular complexity index is 654. The van der Waals surface area contributed by atoms with Gasteiger partial charge in [0.15, 0.2) is 5.96 Å². The fourth-order valence-electron chi connectivity index (χ4n) is 2.14. The first kappa shape index (κ1) is 16.7. The molecule has 1 aromatic carbocycles. The van der Waals surface area contributed by atoms with Crippen LogP contribution in [0.3, 0.4) is 0 Å². The minimum absolute atomic E-state index is 0. The maximum Gasteiger partial charge on any atom is 0.235 e. The van der Waals surface area contributed by atoms with E-state index in [1.54, 1.807) is 0 Å². The first-order valence-electron chi connectivity index (χ1n) is 6.80. The summed E-state index contributed by atoms with van der Waals surface area (Å²) in [5.41, 5.74) is 8.27. The number of nitrogens with zero attached hydrogens (tertiary/aromatic N) is 4. The van der Waals surface area contributed by atoms with E-state index in [1.165, 1.54) is 16.9 Å². The van der Waals surface area contributed by atoms with Crippen LogP contribution in [0.5, 0.6) is 0 Å². The molecular formula is C14H18ClN5OS. The number of aliphatic imine (C=N–C) groups is 1. The normalized spacial score (nSPS) is 15.5. The molecule has 118 valence electrons. The molecule has 1 fully saturated rings. The Morgan fingerprint density at radius 2 is 2.00 bits per heavy atom. The molecule has 0 amide bonds. The molecule has 0 spiro atoms. The fourth-order valence-corrected chi connectivity index (χ4v) is 2.96. The predicted octanol–water partition coefficient (Wildman–Crippen LogP) is 2.21. The molecule has 2 heterocycles. The Balaban J connectivity index is 0.00000176. The van der Waals surface area contributed by atoms with E-state index < -0.39 is 0 Å². The van der Waals surface area contributed by atoms with Crippen molar-refractivity contribution in [1.29, 1.82) is 0 Å². The second-order valence-corrected chi connectivity index (χ2v) is 5.73.